The molecule has 0 rings (SSSR count). The topological polar surface area (TPSA) is 26.0 Å². The molecule has 0 aromatic carbocycles. The van der Waals surface area contributed by atoms with Crippen LogP contribution >= 0.6 is 0 Å². The zero-order valence-electron chi connectivity index (χ0n) is 7.90. The molecule has 0 aliphatic heterocycles. The molecular weight excluding hydrogens is 134 g/mol. The van der Waals surface area contributed by atoms with E-state index in [1.54, 1.807) is 0 Å². The summed E-state index contributed by atoms with van der Waals surface area (Å²) < 4.78 is 0. The number of unbranched alkanes of at least 4 members (excludes halogenated alkanes) is 3. The van der Waals surface area contributed by atoms with Crippen molar-refractivity contribution in [3.63, 3.8) is 0 Å². The first-order valence-corrected chi connectivity index (χ1v) is 4.63. The van der Waals surface area contributed by atoms with Crippen molar-refractivity contribution in [1.29, 1.82) is 0 Å². The maximum Gasteiger partial charge on any atom is -0.00773 e. The van der Waals surface area contributed by atoms with Crippen LogP contribution in [0.4, 0.5) is 0 Å². The van der Waals surface area contributed by atoms with Gasteiger partial charge in [-0.25, -0.2) is 0 Å². The van der Waals surface area contributed by atoms with Gasteiger partial charge in [-0.2, -0.15) is 0 Å². The van der Waals surface area contributed by atoms with Crippen molar-refractivity contribution in [3.8, 4) is 0 Å². The highest BCUT2D eigenvalue weighted by atomic mass is 14.5. The summed E-state index contributed by atoms with van der Waals surface area (Å²) in [5, 5.41) is 0. The summed E-state index contributed by atoms with van der Waals surface area (Å²) in [5.41, 5.74) is 6.90. The highest BCUT2D eigenvalue weighted by Crippen LogP contribution is 2.08. The van der Waals surface area contributed by atoms with Gasteiger partial charge in [0.25, 0.3) is 0 Å². The highest BCUT2D eigenvalue weighted by molar-refractivity contribution is 4.94. The maximum atomic E-state index is 5.39. The molecule has 0 radical (unpaired) electrons. The van der Waals surface area contributed by atoms with E-state index in [1.165, 1.54) is 37.7 Å². The molecule has 66 valence electrons. The van der Waals surface area contributed by atoms with Crippen molar-refractivity contribution in [3.05, 3.63) is 11.6 Å². The summed E-state index contributed by atoms with van der Waals surface area (Å²) in [5.74, 6) is 0. The van der Waals surface area contributed by atoms with Crippen LogP contribution in [0, 0.1) is 0 Å². The predicted octanol–water partition coefficient (Wildman–Crippen LogP) is 2.86. The van der Waals surface area contributed by atoms with Crippen molar-refractivity contribution in [2.45, 2.75) is 46.0 Å². The Hall–Kier alpha value is -0.300. The van der Waals surface area contributed by atoms with E-state index in [0.717, 1.165) is 6.54 Å². The minimum Gasteiger partial charge on any atom is -0.330 e. The molecule has 0 atom stereocenters. The molecule has 0 aromatic heterocycles. The van der Waals surface area contributed by atoms with Crippen LogP contribution in [-0.4, -0.2) is 6.54 Å². The Labute approximate surface area is 70.7 Å². The normalized spacial score (nSPS) is 12.1. The van der Waals surface area contributed by atoms with Crippen molar-refractivity contribution in [1.82, 2.24) is 0 Å². The highest BCUT2D eigenvalue weighted by Gasteiger charge is 1.89. The fraction of sp³-hybridized carbons (Fsp3) is 0.800. The van der Waals surface area contributed by atoms with Crippen LogP contribution in [0.3, 0.4) is 0 Å². The molecule has 1 nitrogen and oxygen atoms in total. The van der Waals surface area contributed by atoms with Crippen LogP contribution in [0.25, 0.3) is 0 Å². The molecule has 0 saturated heterocycles. The van der Waals surface area contributed by atoms with Gasteiger partial charge < -0.3 is 5.73 Å². The maximum absolute atomic E-state index is 5.39. The van der Waals surface area contributed by atoms with Crippen LogP contribution in [0.5, 0.6) is 0 Å². The third-order valence-electron chi connectivity index (χ3n) is 2.02. The Morgan fingerprint density at radius 2 is 1.82 bits per heavy atom. The summed E-state index contributed by atoms with van der Waals surface area (Å²) in [4.78, 5) is 0. The smallest absolute Gasteiger partial charge is 0.00773 e. The first-order chi connectivity index (χ1) is 5.31. The molecule has 0 unspecified atom stereocenters. The van der Waals surface area contributed by atoms with E-state index in [9.17, 15) is 0 Å². The molecule has 0 bridgehead atoms. The second-order valence-corrected chi connectivity index (χ2v) is 3.09. The lowest BCUT2D eigenvalue weighted by Gasteiger charge is -1.99. The van der Waals surface area contributed by atoms with Gasteiger partial charge in [-0.1, -0.05) is 24.5 Å². The standard InChI is InChI=1S/C10H21N/c1-3-10(2)8-6-4-5-7-9-11/h3H,4-9,11H2,1-2H3/b10-3+. The number of hydrogen-bond acceptors (Lipinski definition) is 1. The first kappa shape index (κ1) is 10.7. The van der Waals surface area contributed by atoms with Gasteiger partial charge in [0.2, 0.25) is 0 Å². The molecule has 0 fully saturated rings. The lowest BCUT2D eigenvalue weighted by molar-refractivity contribution is 0.644. The van der Waals surface area contributed by atoms with E-state index in [2.05, 4.69) is 19.9 Å². The number of allylic oxidation sites excluding steroid dienone is 2. The van der Waals surface area contributed by atoms with Gasteiger partial charge in [0.1, 0.15) is 0 Å². The van der Waals surface area contributed by atoms with Gasteiger partial charge in [0, 0.05) is 0 Å². The largest absolute Gasteiger partial charge is 0.330 e. The third kappa shape index (κ3) is 7.60. The molecule has 0 heterocycles. The van der Waals surface area contributed by atoms with Crippen LogP contribution in [-0.2, 0) is 0 Å². The van der Waals surface area contributed by atoms with Crippen molar-refractivity contribution < 1.29 is 0 Å². The molecule has 1 heteroatoms. The summed E-state index contributed by atoms with van der Waals surface area (Å²) in [6.07, 6.45) is 8.62. The summed E-state index contributed by atoms with van der Waals surface area (Å²) in [7, 11) is 0. The van der Waals surface area contributed by atoms with Crippen LogP contribution < -0.4 is 5.73 Å². The summed E-state index contributed by atoms with van der Waals surface area (Å²) in [6.45, 7) is 5.15. The molecule has 0 saturated carbocycles. The fourth-order valence-corrected chi connectivity index (χ4v) is 1.05. The van der Waals surface area contributed by atoms with Crippen LogP contribution in [0.2, 0.25) is 0 Å². The van der Waals surface area contributed by atoms with Gasteiger partial charge in [-0.05, 0) is 39.7 Å². The number of rotatable bonds is 6. The SMILES string of the molecule is C/C=C(\C)CCCCCCN. The molecule has 2 N–H and O–H groups in total. The zero-order valence-corrected chi connectivity index (χ0v) is 7.90. The average Bonchev–Trinajstić information content (AvgIpc) is 2.04. The molecule has 0 aliphatic carbocycles. The van der Waals surface area contributed by atoms with Gasteiger partial charge >= 0.3 is 0 Å². The quantitative estimate of drug-likeness (QED) is 0.463. The van der Waals surface area contributed by atoms with E-state index in [4.69, 9.17) is 5.73 Å². The van der Waals surface area contributed by atoms with Gasteiger partial charge in [-0.15, -0.1) is 0 Å². The molecular formula is C10H21N. The van der Waals surface area contributed by atoms with Crippen molar-refractivity contribution >= 4 is 0 Å². The van der Waals surface area contributed by atoms with Crippen molar-refractivity contribution in [2.24, 2.45) is 5.73 Å². The van der Waals surface area contributed by atoms with E-state index in [-0.39, 0.29) is 0 Å². The Morgan fingerprint density at radius 3 is 2.36 bits per heavy atom. The molecule has 0 aliphatic rings. The van der Waals surface area contributed by atoms with E-state index < -0.39 is 0 Å². The fourth-order valence-electron chi connectivity index (χ4n) is 1.05. The monoisotopic (exact) mass is 155 g/mol. The van der Waals surface area contributed by atoms with Crippen LogP contribution in [0.1, 0.15) is 46.0 Å². The summed E-state index contributed by atoms with van der Waals surface area (Å²) >= 11 is 0. The number of nitrogens with two attached hydrogens (primary N) is 1. The molecule has 0 spiro atoms. The Kier molecular flexibility index (Phi) is 7.59. The van der Waals surface area contributed by atoms with E-state index in [1.807, 2.05) is 0 Å². The van der Waals surface area contributed by atoms with Gasteiger partial charge in [0.05, 0.1) is 0 Å². The third-order valence-corrected chi connectivity index (χ3v) is 2.02. The number of hydrogen-bond donors (Lipinski definition) is 1. The molecule has 0 aromatic rings. The lowest BCUT2D eigenvalue weighted by Crippen LogP contribution is -1.97. The average molecular weight is 155 g/mol. The zero-order chi connectivity index (χ0) is 8.53. The van der Waals surface area contributed by atoms with E-state index in [0.29, 0.717) is 0 Å². The second kappa shape index (κ2) is 7.80. The minimum absolute atomic E-state index is 0.850. The van der Waals surface area contributed by atoms with Crippen LogP contribution in [0.15, 0.2) is 11.6 Å². The first-order valence-electron chi connectivity index (χ1n) is 4.63. The van der Waals surface area contributed by atoms with E-state index >= 15 is 0 Å². The Balaban J connectivity index is 3.02. The lowest BCUT2D eigenvalue weighted by atomic mass is 10.1. The second-order valence-electron chi connectivity index (χ2n) is 3.09. The molecule has 0 amide bonds. The Bertz CT molecular complexity index is 105. The van der Waals surface area contributed by atoms with Gasteiger partial charge in [-0.3, -0.25) is 0 Å². The Morgan fingerprint density at radius 1 is 1.18 bits per heavy atom. The predicted molar refractivity (Wildman–Crippen MR) is 51.6 cm³/mol. The van der Waals surface area contributed by atoms with Gasteiger partial charge in [0.15, 0.2) is 0 Å². The summed E-state index contributed by atoms with van der Waals surface area (Å²) in [6, 6.07) is 0. The minimum atomic E-state index is 0.850. The van der Waals surface area contributed by atoms with Crippen molar-refractivity contribution in [2.75, 3.05) is 6.54 Å². The molecule has 11 heavy (non-hydrogen) atoms.